The van der Waals surface area contributed by atoms with Gasteiger partial charge in [-0.3, -0.25) is 14.2 Å². The Labute approximate surface area is 169 Å². The second-order valence-corrected chi connectivity index (χ2v) is 6.72. The Morgan fingerprint density at radius 2 is 1.87 bits per heavy atom. The molecule has 10 heteroatoms. The Balaban J connectivity index is 2.33. The number of halogens is 3. The number of nitrogen functional groups attached to an aromatic ring is 2. The van der Waals surface area contributed by atoms with Gasteiger partial charge in [-0.2, -0.15) is 13.2 Å². The van der Waals surface area contributed by atoms with Crippen LogP contribution in [-0.2, 0) is 4.79 Å². The van der Waals surface area contributed by atoms with E-state index >= 15 is 0 Å². The van der Waals surface area contributed by atoms with Gasteiger partial charge in [0.05, 0.1) is 16.9 Å². The van der Waals surface area contributed by atoms with Crippen LogP contribution in [0.1, 0.15) is 12.5 Å². The lowest BCUT2D eigenvalue weighted by molar-refractivity contribution is -0.132. The van der Waals surface area contributed by atoms with Gasteiger partial charge < -0.3 is 21.5 Å². The molecule has 1 heterocycles. The number of aryl methyl sites for hydroxylation is 1. The van der Waals surface area contributed by atoms with Crippen LogP contribution in [0.5, 0.6) is 5.75 Å². The fourth-order valence-corrected chi connectivity index (χ4v) is 3.12. The highest BCUT2D eigenvalue weighted by Crippen LogP contribution is 2.32. The smallest absolute Gasteiger partial charge is 0.405 e. The molecule has 1 aromatic heterocycles. The number of carbonyl (C=O) groups is 1. The molecule has 5 N–H and O–H groups in total. The number of anilines is 3. The van der Waals surface area contributed by atoms with Crippen LogP contribution in [0.2, 0.25) is 0 Å². The van der Waals surface area contributed by atoms with Crippen molar-refractivity contribution in [2.75, 3.05) is 23.3 Å². The summed E-state index contributed by atoms with van der Waals surface area (Å²) in [5.41, 5.74) is 12.9. The number of aromatic nitrogens is 1. The number of rotatable bonds is 4. The SMILES string of the molecule is CC(=O)Oc1c(N)c2ccc(NCC(F)(F)F)cc2n(-c2ccc(N)cc2C)c1=O. The average Bonchev–Trinajstić information content (AvgIpc) is 2.64. The minimum atomic E-state index is -4.42. The quantitative estimate of drug-likeness (QED) is 0.441. The van der Waals surface area contributed by atoms with E-state index in [-0.39, 0.29) is 22.6 Å². The van der Waals surface area contributed by atoms with Gasteiger partial charge in [0.1, 0.15) is 6.54 Å². The number of nitrogens with one attached hydrogen (secondary N) is 1. The van der Waals surface area contributed by atoms with Crippen molar-refractivity contribution in [1.82, 2.24) is 4.57 Å². The number of carbonyl (C=O) groups excluding carboxylic acids is 1. The van der Waals surface area contributed by atoms with Crippen molar-refractivity contribution in [2.24, 2.45) is 0 Å². The number of esters is 1. The van der Waals surface area contributed by atoms with Gasteiger partial charge in [0.2, 0.25) is 5.75 Å². The van der Waals surface area contributed by atoms with Crippen molar-refractivity contribution in [3.63, 3.8) is 0 Å². The van der Waals surface area contributed by atoms with Crippen molar-refractivity contribution in [3.8, 4) is 11.4 Å². The molecule has 3 aromatic rings. The minimum absolute atomic E-state index is 0.0862. The molecule has 0 aliphatic rings. The van der Waals surface area contributed by atoms with Gasteiger partial charge in [0, 0.05) is 23.7 Å². The third kappa shape index (κ3) is 4.17. The van der Waals surface area contributed by atoms with E-state index in [0.717, 1.165) is 6.92 Å². The van der Waals surface area contributed by atoms with Gasteiger partial charge in [-0.1, -0.05) is 0 Å². The molecule has 7 nitrogen and oxygen atoms in total. The standard InChI is InChI=1S/C20H19F3N4O3/c1-10-7-12(24)3-6-15(10)27-16-8-13(26-9-20(21,22)23)4-5-14(16)17(25)18(19(27)29)30-11(2)28/h3-8,26H,9,24-25H2,1-2H3. The van der Waals surface area contributed by atoms with Gasteiger partial charge in [0.15, 0.2) is 0 Å². The van der Waals surface area contributed by atoms with Crippen LogP contribution in [0.3, 0.4) is 0 Å². The molecular weight excluding hydrogens is 401 g/mol. The second-order valence-electron chi connectivity index (χ2n) is 6.72. The van der Waals surface area contributed by atoms with Crippen LogP contribution in [0.15, 0.2) is 41.2 Å². The molecule has 0 bridgehead atoms. The maximum atomic E-state index is 13.2. The molecule has 0 aliphatic heterocycles. The number of fused-ring (bicyclic) bond motifs is 1. The average molecular weight is 420 g/mol. The number of ether oxygens (including phenoxy) is 1. The van der Waals surface area contributed by atoms with Crippen LogP contribution in [0.4, 0.5) is 30.2 Å². The van der Waals surface area contributed by atoms with Crippen LogP contribution in [0, 0.1) is 6.92 Å². The third-order valence-corrected chi connectivity index (χ3v) is 4.37. The van der Waals surface area contributed by atoms with E-state index in [0.29, 0.717) is 22.3 Å². The normalized spacial score (nSPS) is 11.5. The lowest BCUT2D eigenvalue weighted by atomic mass is 10.1. The Hall–Kier alpha value is -3.69. The number of alkyl halides is 3. The largest absolute Gasteiger partial charge is 0.419 e. The first kappa shape index (κ1) is 21.0. The summed E-state index contributed by atoms with van der Waals surface area (Å²) < 4.78 is 44.1. The molecule has 0 aliphatic carbocycles. The number of hydrogen-bond donors (Lipinski definition) is 3. The zero-order valence-electron chi connectivity index (χ0n) is 16.1. The van der Waals surface area contributed by atoms with Crippen LogP contribution in [0.25, 0.3) is 16.6 Å². The molecule has 0 amide bonds. The highest BCUT2D eigenvalue weighted by atomic mass is 19.4. The summed E-state index contributed by atoms with van der Waals surface area (Å²) in [5.74, 6) is -1.09. The Kier molecular flexibility index (Phi) is 5.34. The van der Waals surface area contributed by atoms with E-state index in [9.17, 15) is 22.8 Å². The van der Waals surface area contributed by atoms with Crippen molar-refractivity contribution in [3.05, 3.63) is 52.3 Å². The molecule has 0 unspecified atom stereocenters. The van der Waals surface area contributed by atoms with Gasteiger partial charge in [-0.25, -0.2) is 0 Å². The molecule has 0 saturated carbocycles. The molecule has 0 spiro atoms. The minimum Gasteiger partial charge on any atom is -0.419 e. The van der Waals surface area contributed by atoms with Gasteiger partial charge in [-0.15, -0.1) is 0 Å². The van der Waals surface area contributed by atoms with Gasteiger partial charge in [-0.05, 0) is 48.9 Å². The summed E-state index contributed by atoms with van der Waals surface area (Å²) in [7, 11) is 0. The monoisotopic (exact) mass is 420 g/mol. The zero-order chi connectivity index (χ0) is 22.2. The first-order chi connectivity index (χ1) is 14.0. The topological polar surface area (TPSA) is 112 Å². The molecule has 158 valence electrons. The molecule has 0 fully saturated rings. The van der Waals surface area contributed by atoms with Gasteiger partial charge >= 0.3 is 17.7 Å². The number of nitrogens with two attached hydrogens (primary N) is 2. The van der Waals surface area contributed by atoms with Crippen LogP contribution < -0.4 is 27.1 Å². The predicted molar refractivity (Wildman–Crippen MR) is 109 cm³/mol. The second kappa shape index (κ2) is 7.62. The van der Waals surface area contributed by atoms with Gasteiger partial charge in [0.25, 0.3) is 0 Å². The Morgan fingerprint density at radius 3 is 2.47 bits per heavy atom. The summed E-state index contributed by atoms with van der Waals surface area (Å²) in [5, 5.41) is 2.61. The first-order valence-corrected chi connectivity index (χ1v) is 8.81. The summed E-state index contributed by atoms with van der Waals surface area (Å²) >= 11 is 0. The highest BCUT2D eigenvalue weighted by molar-refractivity contribution is 5.97. The molecule has 0 radical (unpaired) electrons. The lowest BCUT2D eigenvalue weighted by Gasteiger charge is -2.18. The van der Waals surface area contributed by atoms with Crippen LogP contribution in [-0.4, -0.2) is 23.3 Å². The summed E-state index contributed by atoms with van der Waals surface area (Å²) in [4.78, 5) is 24.7. The maximum absolute atomic E-state index is 13.2. The fraction of sp³-hybridized carbons (Fsp3) is 0.200. The fourth-order valence-electron chi connectivity index (χ4n) is 3.12. The summed E-state index contributed by atoms with van der Waals surface area (Å²) in [6.45, 7) is 1.61. The number of benzene rings is 2. The van der Waals surface area contributed by atoms with E-state index < -0.39 is 24.2 Å². The van der Waals surface area contributed by atoms with E-state index in [1.165, 1.54) is 22.8 Å². The summed E-state index contributed by atoms with van der Waals surface area (Å²) in [6, 6.07) is 9.04. The maximum Gasteiger partial charge on any atom is 0.405 e. The summed E-state index contributed by atoms with van der Waals surface area (Å²) in [6.07, 6.45) is -4.42. The molecule has 3 rings (SSSR count). The van der Waals surface area contributed by atoms with Crippen molar-refractivity contribution < 1.29 is 22.7 Å². The molecule has 30 heavy (non-hydrogen) atoms. The Bertz CT molecular complexity index is 1200. The molecule has 0 atom stereocenters. The molecule has 0 saturated heterocycles. The van der Waals surface area contributed by atoms with Crippen molar-refractivity contribution >= 4 is 33.9 Å². The van der Waals surface area contributed by atoms with Crippen molar-refractivity contribution in [1.29, 1.82) is 0 Å². The number of hydrogen-bond acceptors (Lipinski definition) is 6. The Morgan fingerprint density at radius 1 is 1.17 bits per heavy atom. The number of nitrogens with zero attached hydrogens (tertiary/aromatic N) is 1. The zero-order valence-corrected chi connectivity index (χ0v) is 16.1. The highest BCUT2D eigenvalue weighted by Gasteiger charge is 2.27. The van der Waals surface area contributed by atoms with E-state index in [1.807, 2.05) is 0 Å². The van der Waals surface area contributed by atoms with Crippen LogP contribution >= 0.6 is 0 Å². The number of pyridine rings is 1. The van der Waals surface area contributed by atoms with E-state index in [4.69, 9.17) is 16.2 Å². The van der Waals surface area contributed by atoms with E-state index in [2.05, 4.69) is 5.32 Å². The van der Waals surface area contributed by atoms with Crippen molar-refractivity contribution in [2.45, 2.75) is 20.0 Å². The third-order valence-electron chi connectivity index (χ3n) is 4.37. The lowest BCUT2D eigenvalue weighted by Crippen LogP contribution is -2.25. The molecular formula is C20H19F3N4O3. The van der Waals surface area contributed by atoms with E-state index in [1.54, 1.807) is 25.1 Å². The first-order valence-electron chi connectivity index (χ1n) is 8.81. The molecule has 2 aromatic carbocycles. The predicted octanol–water partition coefficient (Wildman–Crippen LogP) is 3.36.